The van der Waals surface area contributed by atoms with Gasteiger partial charge in [-0.05, 0) is 115 Å². The molecule has 12 nitrogen and oxygen atoms in total. The Morgan fingerprint density at radius 3 is 2.11 bits per heavy atom. The summed E-state index contributed by atoms with van der Waals surface area (Å²) in [4.78, 5) is 70.7. The number of ketones is 1. The first kappa shape index (κ1) is 47.4. The summed E-state index contributed by atoms with van der Waals surface area (Å²) in [7, 11) is 3.37. The molecule has 2 saturated heterocycles. The Hall–Kier alpha value is -3.99. The summed E-state index contributed by atoms with van der Waals surface area (Å²) in [6, 6.07) is 12.2. The maximum absolute atomic E-state index is 14.2. The van der Waals surface area contributed by atoms with E-state index in [4.69, 9.17) is 4.74 Å². The van der Waals surface area contributed by atoms with Crippen LogP contribution in [0.2, 0.25) is 0 Å². The number of aryl methyl sites for hydroxylation is 1. The maximum Gasteiger partial charge on any atom is 0.249 e. The number of hydrogen-bond acceptors (Lipinski definition) is 8. The third-order valence-electron chi connectivity index (χ3n) is 11.4. The SMILES string of the molecule is CN[C@@H](C)C(=O)N[C@H](C(=O)N1CCCC1)c1ccc(C#CCO[C@H](C)[C@H](NC(=O)[C@H](C)NC)C(=O)N2CCC[C@H]2C(=O)C[C@@H]2CCCc3ccccc32)cc1.Cl.Cl. The Morgan fingerprint density at radius 2 is 1.44 bits per heavy atom. The van der Waals surface area contributed by atoms with Gasteiger partial charge in [-0.1, -0.05) is 48.2 Å². The average Bonchev–Trinajstić information content (AvgIpc) is 3.94. The van der Waals surface area contributed by atoms with E-state index >= 15 is 0 Å². The van der Waals surface area contributed by atoms with Crippen molar-refractivity contribution in [3.8, 4) is 11.8 Å². The van der Waals surface area contributed by atoms with Crippen molar-refractivity contribution in [1.29, 1.82) is 0 Å². The molecule has 2 aromatic carbocycles. The number of nitrogens with one attached hydrogen (secondary N) is 4. The lowest BCUT2D eigenvalue weighted by atomic mass is 9.79. The average molecular weight is 828 g/mol. The standard InChI is InChI=1S/C43H58N6O6.2ClH/c1-28(44-4)40(51)46-38(43(54)49-25-11-18-36(49)37(50)27-34-16-10-15-32-14-6-7-17-35(32)34)30(3)55-26-12-13-31-19-21-33(22-20-31)39(47-41(52)29(2)45-5)42(53)48-23-8-9-24-48;;/h6-7,14,17,19-22,28-30,34,36,38-39,44-45H,8-11,15-16,18,23-27H2,1-5H3,(H,46,51)(H,47,52);2*1H/t28-,29-,30+,34-,36-,38-,39-;;/m0../s1. The van der Waals surface area contributed by atoms with Crippen LogP contribution in [0, 0.1) is 11.8 Å². The number of hydrogen-bond donors (Lipinski definition) is 4. The van der Waals surface area contributed by atoms with Gasteiger partial charge in [0.05, 0.1) is 24.2 Å². The largest absolute Gasteiger partial charge is 0.363 e. The monoisotopic (exact) mass is 826 g/mol. The number of rotatable bonds is 15. The third kappa shape index (κ3) is 12.3. The van der Waals surface area contributed by atoms with Gasteiger partial charge in [-0.15, -0.1) is 24.8 Å². The van der Waals surface area contributed by atoms with Crippen molar-refractivity contribution in [1.82, 2.24) is 31.1 Å². The predicted octanol–water partition coefficient (Wildman–Crippen LogP) is 3.84. The lowest BCUT2D eigenvalue weighted by Gasteiger charge is -2.33. The van der Waals surface area contributed by atoms with E-state index in [0.717, 1.165) is 32.1 Å². The zero-order chi connectivity index (χ0) is 39.5. The van der Waals surface area contributed by atoms with Crippen molar-refractivity contribution in [2.45, 2.75) is 114 Å². The molecule has 2 heterocycles. The highest BCUT2D eigenvalue weighted by molar-refractivity contribution is 5.95. The van der Waals surface area contributed by atoms with E-state index < -0.39 is 36.3 Å². The highest BCUT2D eigenvalue weighted by Crippen LogP contribution is 2.35. The zero-order valence-electron chi connectivity index (χ0n) is 33.8. The van der Waals surface area contributed by atoms with Crippen molar-refractivity contribution < 1.29 is 28.7 Å². The third-order valence-corrected chi connectivity index (χ3v) is 11.4. The number of carbonyl (C=O) groups excluding carboxylic acids is 5. The number of halogens is 2. The Balaban J connectivity index is 0.00000435. The number of amides is 4. The summed E-state index contributed by atoms with van der Waals surface area (Å²) in [5.41, 5.74) is 3.89. The second-order valence-electron chi connectivity index (χ2n) is 15.1. The van der Waals surface area contributed by atoms with Gasteiger partial charge >= 0.3 is 0 Å². The van der Waals surface area contributed by atoms with Crippen LogP contribution in [0.5, 0.6) is 0 Å². The smallest absolute Gasteiger partial charge is 0.249 e. The van der Waals surface area contributed by atoms with Gasteiger partial charge in [-0.3, -0.25) is 24.0 Å². The van der Waals surface area contributed by atoms with Crippen molar-refractivity contribution in [3.05, 3.63) is 70.8 Å². The lowest BCUT2D eigenvalue weighted by molar-refractivity contribution is -0.144. The van der Waals surface area contributed by atoms with E-state index in [1.807, 2.05) is 12.1 Å². The van der Waals surface area contributed by atoms with Gasteiger partial charge in [0.2, 0.25) is 23.6 Å². The molecule has 0 spiro atoms. The summed E-state index contributed by atoms with van der Waals surface area (Å²) in [5, 5.41) is 11.6. The van der Waals surface area contributed by atoms with Crippen LogP contribution in [0.4, 0.5) is 0 Å². The zero-order valence-corrected chi connectivity index (χ0v) is 35.4. The molecule has 3 aliphatic rings. The van der Waals surface area contributed by atoms with Crippen LogP contribution in [-0.2, 0) is 35.1 Å². The van der Waals surface area contributed by atoms with Gasteiger partial charge in [0.15, 0.2) is 5.78 Å². The molecule has 0 radical (unpaired) electrons. The molecule has 14 heteroatoms. The number of Topliss-reactive ketones (excluding diaryl/α,β-unsaturated/α-hetero) is 1. The first-order valence-electron chi connectivity index (χ1n) is 19.9. The van der Waals surface area contributed by atoms with Crippen LogP contribution in [0.1, 0.15) is 99.9 Å². The molecule has 0 aromatic heterocycles. The number of nitrogens with zero attached hydrogens (tertiary/aromatic N) is 2. The van der Waals surface area contributed by atoms with Crippen molar-refractivity contribution >= 4 is 54.2 Å². The number of fused-ring (bicyclic) bond motifs is 1. The predicted molar refractivity (Wildman–Crippen MR) is 225 cm³/mol. The maximum atomic E-state index is 14.2. The van der Waals surface area contributed by atoms with E-state index in [-0.39, 0.29) is 66.8 Å². The van der Waals surface area contributed by atoms with E-state index in [2.05, 4.69) is 45.2 Å². The minimum Gasteiger partial charge on any atom is -0.363 e. The Kier molecular flexibility index (Phi) is 19.0. The summed E-state index contributed by atoms with van der Waals surface area (Å²) < 4.78 is 6.06. The molecule has 312 valence electrons. The molecular formula is C43H60Cl2N6O6. The van der Waals surface area contributed by atoms with Crippen LogP contribution in [0.3, 0.4) is 0 Å². The van der Waals surface area contributed by atoms with Crippen LogP contribution < -0.4 is 21.3 Å². The van der Waals surface area contributed by atoms with Crippen LogP contribution >= 0.6 is 24.8 Å². The first-order valence-corrected chi connectivity index (χ1v) is 19.9. The number of ether oxygens (including phenoxy) is 1. The molecule has 4 N–H and O–H groups in total. The fourth-order valence-electron chi connectivity index (χ4n) is 7.75. The van der Waals surface area contributed by atoms with Crippen molar-refractivity contribution in [2.75, 3.05) is 40.3 Å². The molecule has 2 aliphatic heterocycles. The molecule has 0 bridgehead atoms. The van der Waals surface area contributed by atoms with Gasteiger partial charge < -0.3 is 35.8 Å². The Morgan fingerprint density at radius 1 is 0.789 bits per heavy atom. The number of carbonyl (C=O) groups is 5. The first-order chi connectivity index (χ1) is 26.5. The second kappa shape index (κ2) is 22.8. The fraction of sp³-hybridized carbons (Fsp3) is 0.558. The summed E-state index contributed by atoms with van der Waals surface area (Å²) >= 11 is 0. The van der Waals surface area contributed by atoms with Gasteiger partial charge in [0.1, 0.15) is 18.7 Å². The molecule has 2 fully saturated rings. The Bertz CT molecular complexity index is 1740. The molecule has 5 rings (SSSR count). The van der Waals surface area contributed by atoms with Crippen LogP contribution in [0.15, 0.2) is 48.5 Å². The van der Waals surface area contributed by atoms with Gasteiger partial charge in [0.25, 0.3) is 0 Å². The summed E-state index contributed by atoms with van der Waals surface area (Å²) in [6.45, 7) is 6.96. The van der Waals surface area contributed by atoms with E-state index in [0.29, 0.717) is 50.0 Å². The highest BCUT2D eigenvalue weighted by Gasteiger charge is 2.41. The highest BCUT2D eigenvalue weighted by atomic mass is 35.5. The lowest BCUT2D eigenvalue weighted by Crippen LogP contribution is -2.58. The van der Waals surface area contributed by atoms with E-state index in [1.54, 1.807) is 68.9 Å². The molecule has 0 saturated carbocycles. The van der Waals surface area contributed by atoms with Gasteiger partial charge in [-0.2, -0.15) is 0 Å². The van der Waals surface area contributed by atoms with Crippen molar-refractivity contribution in [2.24, 2.45) is 0 Å². The minimum atomic E-state index is -1.01. The Labute approximate surface area is 350 Å². The molecule has 0 unspecified atom stereocenters. The topological polar surface area (TPSA) is 149 Å². The molecule has 4 amide bonds. The van der Waals surface area contributed by atoms with E-state index in [1.165, 1.54) is 11.1 Å². The van der Waals surface area contributed by atoms with E-state index in [9.17, 15) is 24.0 Å². The fourth-order valence-corrected chi connectivity index (χ4v) is 7.75. The normalized spacial score (nSPS) is 19.9. The molecule has 57 heavy (non-hydrogen) atoms. The molecule has 2 aromatic rings. The van der Waals surface area contributed by atoms with Gasteiger partial charge in [0, 0.05) is 31.6 Å². The number of likely N-dealkylation sites (N-methyl/N-ethyl adjacent to an activating group) is 2. The van der Waals surface area contributed by atoms with Crippen LogP contribution in [0.25, 0.3) is 0 Å². The molecule has 1 aliphatic carbocycles. The summed E-state index contributed by atoms with van der Waals surface area (Å²) in [5.74, 6) is 5.22. The number of benzene rings is 2. The van der Waals surface area contributed by atoms with Crippen molar-refractivity contribution in [3.63, 3.8) is 0 Å². The minimum absolute atomic E-state index is 0. The van der Waals surface area contributed by atoms with Gasteiger partial charge in [-0.25, -0.2) is 0 Å². The number of likely N-dealkylation sites (tertiary alicyclic amines) is 2. The molecular weight excluding hydrogens is 767 g/mol. The second-order valence-corrected chi connectivity index (χ2v) is 15.1. The molecule has 7 atom stereocenters. The summed E-state index contributed by atoms with van der Waals surface area (Å²) in [6.07, 6.45) is 5.87. The van der Waals surface area contributed by atoms with Crippen LogP contribution in [-0.4, -0.2) is 110 Å². The quantitative estimate of drug-likeness (QED) is 0.198.